The molecule has 1 fully saturated rings. The largest absolute Gasteiger partial charge is 0.299 e. The van der Waals surface area contributed by atoms with Gasteiger partial charge in [0.25, 0.3) is 0 Å². The van der Waals surface area contributed by atoms with Crippen molar-refractivity contribution in [2.24, 2.45) is 5.92 Å². The standard InChI is InChI=1S/C10H18N2/c1-8(7-11)12-9(2)10-5-3-4-6-10/h8-10,12H,3-6H2,1-2H3/t8?,9-/m0/s1. The quantitative estimate of drug-likeness (QED) is 0.696. The van der Waals surface area contributed by atoms with Gasteiger partial charge in [-0.15, -0.1) is 0 Å². The van der Waals surface area contributed by atoms with Gasteiger partial charge in [0.1, 0.15) is 0 Å². The Morgan fingerprint density at radius 1 is 1.33 bits per heavy atom. The molecule has 1 rings (SSSR count). The van der Waals surface area contributed by atoms with Crippen LogP contribution >= 0.6 is 0 Å². The van der Waals surface area contributed by atoms with Gasteiger partial charge in [0.15, 0.2) is 0 Å². The first-order valence-electron chi connectivity index (χ1n) is 4.89. The third-order valence-corrected chi connectivity index (χ3v) is 2.81. The van der Waals surface area contributed by atoms with E-state index in [-0.39, 0.29) is 6.04 Å². The summed E-state index contributed by atoms with van der Waals surface area (Å²) in [5.41, 5.74) is 0. The molecule has 0 aromatic rings. The average Bonchev–Trinajstić information content (AvgIpc) is 2.56. The minimum absolute atomic E-state index is 0.000556. The molecular formula is C10H18N2. The minimum Gasteiger partial charge on any atom is -0.299 e. The van der Waals surface area contributed by atoms with Gasteiger partial charge in [-0.1, -0.05) is 12.8 Å². The van der Waals surface area contributed by atoms with Crippen molar-refractivity contribution in [3.8, 4) is 6.07 Å². The zero-order valence-electron chi connectivity index (χ0n) is 8.01. The molecule has 12 heavy (non-hydrogen) atoms. The third kappa shape index (κ3) is 2.49. The second-order valence-corrected chi connectivity index (χ2v) is 3.85. The zero-order chi connectivity index (χ0) is 8.97. The molecule has 0 saturated heterocycles. The molecule has 2 heteroatoms. The van der Waals surface area contributed by atoms with Crippen LogP contribution in [0.15, 0.2) is 0 Å². The van der Waals surface area contributed by atoms with Crippen molar-refractivity contribution in [1.82, 2.24) is 5.32 Å². The van der Waals surface area contributed by atoms with E-state index in [0.717, 1.165) is 5.92 Å². The fourth-order valence-corrected chi connectivity index (χ4v) is 2.03. The highest BCUT2D eigenvalue weighted by Crippen LogP contribution is 2.27. The van der Waals surface area contributed by atoms with E-state index in [0.29, 0.717) is 6.04 Å². The second-order valence-electron chi connectivity index (χ2n) is 3.85. The molecule has 0 bridgehead atoms. The summed E-state index contributed by atoms with van der Waals surface area (Å²) in [6, 6.07) is 2.72. The molecule has 0 aromatic carbocycles. The van der Waals surface area contributed by atoms with E-state index in [9.17, 15) is 0 Å². The van der Waals surface area contributed by atoms with E-state index in [1.54, 1.807) is 0 Å². The van der Waals surface area contributed by atoms with Gasteiger partial charge in [-0.2, -0.15) is 5.26 Å². The summed E-state index contributed by atoms with van der Waals surface area (Å²) >= 11 is 0. The average molecular weight is 166 g/mol. The van der Waals surface area contributed by atoms with E-state index in [1.165, 1.54) is 25.7 Å². The summed E-state index contributed by atoms with van der Waals surface area (Å²) in [5, 5.41) is 11.9. The molecule has 1 saturated carbocycles. The Hall–Kier alpha value is -0.550. The highest BCUT2D eigenvalue weighted by molar-refractivity contribution is 4.89. The van der Waals surface area contributed by atoms with Crippen molar-refractivity contribution in [2.75, 3.05) is 0 Å². The zero-order valence-corrected chi connectivity index (χ0v) is 8.01. The molecular weight excluding hydrogens is 148 g/mol. The van der Waals surface area contributed by atoms with Crippen LogP contribution in [-0.4, -0.2) is 12.1 Å². The Labute approximate surface area is 75.0 Å². The van der Waals surface area contributed by atoms with E-state index in [1.807, 2.05) is 6.92 Å². The smallest absolute Gasteiger partial charge is 0.0926 e. The Kier molecular flexibility index (Phi) is 3.55. The van der Waals surface area contributed by atoms with Crippen LogP contribution in [0.1, 0.15) is 39.5 Å². The molecule has 0 heterocycles. The highest BCUT2D eigenvalue weighted by atomic mass is 14.9. The predicted molar refractivity (Wildman–Crippen MR) is 49.6 cm³/mol. The highest BCUT2D eigenvalue weighted by Gasteiger charge is 2.21. The number of hydrogen-bond donors (Lipinski definition) is 1. The van der Waals surface area contributed by atoms with Crippen LogP contribution in [0.4, 0.5) is 0 Å². The predicted octanol–water partition coefficient (Wildman–Crippen LogP) is 2.07. The molecule has 0 radical (unpaired) electrons. The van der Waals surface area contributed by atoms with Gasteiger partial charge >= 0.3 is 0 Å². The SMILES string of the molecule is CC(C#N)N[C@@H](C)C1CCCC1. The van der Waals surface area contributed by atoms with Gasteiger partial charge in [-0.05, 0) is 32.6 Å². The Morgan fingerprint density at radius 3 is 2.42 bits per heavy atom. The number of nitriles is 1. The maximum absolute atomic E-state index is 8.61. The molecule has 1 unspecified atom stereocenters. The third-order valence-electron chi connectivity index (χ3n) is 2.81. The van der Waals surface area contributed by atoms with Gasteiger partial charge in [-0.3, -0.25) is 5.32 Å². The molecule has 68 valence electrons. The maximum Gasteiger partial charge on any atom is 0.0926 e. The lowest BCUT2D eigenvalue weighted by Crippen LogP contribution is -2.37. The van der Waals surface area contributed by atoms with Gasteiger partial charge in [0.2, 0.25) is 0 Å². The van der Waals surface area contributed by atoms with Crippen LogP contribution in [-0.2, 0) is 0 Å². The molecule has 1 aliphatic rings. The van der Waals surface area contributed by atoms with Crippen LogP contribution in [0.3, 0.4) is 0 Å². The van der Waals surface area contributed by atoms with E-state index in [4.69, 9.17) is 5.26 Å². The van der Waals surface area contributed by atoms with E-state index in [2.05, 4.69) is 18.3 Å². The minimum atomic E-state index is 0.000556. The number of nitrogens with one attached hydrogen (secondary N) is 1. The molecule has 2 nitrogen and oxygen atoms in total. The Balaban J connectivity index is 2.27. The van der Waals surface area contributed by atoms with Gasteiger partial charge in [0.05, 0.1) is 12.1 Å². The van der Waals surface area contributed by atoms with Crippen LogP contribution in [0.2, 0.25) is 0 Å². The normalized spacial score (nSPS) is 23.4. The lowest BCUT2D eigenvalue weighted by molar-refractivity contribution is 0.371. The molecule has 2 atom stereocenters. The number of rotatable bonds is 3. The Morgan fingerprint density at radius 2 is 1.92 bits per heavy atom. The van der Waals surface area contributed by atoms with Crippen molar-refractivity contribution in [2.45, 2.75) is 51.6 Å². The number of hydrogen-bond acceptors (Lipinski definition) is 2. The molecule has 0 amide bonds. The first kappa shape index (κ1) is 9.54. The van der Waals surface area contributed by atoms with Crippen LogP contribution in [0.25, 0.3) is 0 Å². The lowest BCUT2D eigenvalue weighted by atomic mass is 9.99. The fourth-order valence-electron chi connectivity index (χ4n) is 2.03. The molecule has 0 aromatic heterocycles. The first-order valence-corrected chi connectivity index (χ1v) is 4.89. The molecule has 0 spiro atoms. The van der Waals surface area contributed by atoms with Gasteiger partial charge in [-0.25, -0.2) is 0 Å². The first-order chi connectivity index (χ1) is 5.74. The molecule has 1 aliphatic carbocycles. The molecule has 0 aliphatic heterocycles. The van der Waals surface area contributed by atoms with Crippen molar-refractivity contribution in [3.05, 3.63) is 0 Å². The summed E-state index contributed by atoms with van der Waals surface area (Å²) in [6.45, 7) is 4.12. The maximum atomic E-state index is 8.61. The topological polar surface area (TPSA) is 35.8 Å². The van der Waals surface area contributed by atoms with E-state index < -0.39 is 0 Å². The fraction of sp³-hybridized carbons (Fsp3) is 0.900. The van der Waals surface area contributed by atoms with Crippen molar-refractivity contribution >= 4 is 0 Å². The monoisotopic (exact) mass is 166 g/mol. The van der Waals surface area contributed by atoms with Crippen LogP contribution in [0.5, 0.6) is 0 Å². The summed E-state index contributed by atoms with van der Waals surface area (Å²) in [7, 11) is 0. The van der Waals surface area contributed by atoms with E-state index >= 15 is 0 Å². The summed E-state index contributed by atoms with van der Waals surface area (Å²) in [5.74, 6) is 0.806. The summed E-state index contributed by atoms with van der Waals surface area (Å²) < 4.78 is 0. The second kappa shape index (κ2) is 4.47. The lowest BCUT2D eigenvalue weighted by Gasteiger charge is -2.21. The number of nitrogens with zero attached hydrogens (tertiary/aromatic N) is 1. The van der Waals surface area contributed by atoms with Crippen molar-refractivity contribution in [3.63, 3.8) is 0 Å². The van der Waals surface area contributed by atoms with Crippen molar-refractivity contribution < 1.29 is 0 Å². The van der Waals surface area contributed by atoms with Gasteiger partial charge < -0.3 is 0 Å². The Bertz CT molecular complexity index is 165. The molecule has 1 N–H and O–H groups in total. The van der Waals surface area contributed by atoms with Gasteiger partial charge in [0, 0.05) is 6.04 Å². The van der Waals surface area contributed by atoms with Crippen LogP contribution in [0, 0.1) is 17.2 Å². The van der Waals surface area contributed by atoms with Crippen LogP contribution < -0.4 is 5.32 Å². The summed E-state index contributed by atoms with van der Waals surface area (Å²) in [4.78, 5) is 0. The van der Waals surface area contributed by atoms with Crippen molar-refractivity contribution in [1.29, 1.82) is 5.26 Å². The summed E-state index contributed by atoms with van der Waals surface area (Å²) in [6.07, 6.45) is 5.42.